The summed E-state index contributed by atoms with van der Waals surface area (Å²) in [6.07, 6.45) is 5.27. The Labute approximate surface area is 74.7 Å². The molecule has 1 atom stereocenters. The molecule has 70 valence electrons. The third-order valence-corrected chi connectivity index (χ3v) is 2.53. The van der Waals surface area contributed by atoms with Crippen molar-refractivity contribution in [2.45, 2.75) is 39.0 Å². The zero-order valence-electron chi connectivity index (χ0n) is 7.94. The molecule has 0 aromatic carbocycles. The lowest BCUT2D eigenvalue weighted by atomic mass is 9.92. The first-order valence-corrected chi connectivity index (χ1v) is 5.08. The molecule has 1 aliphatic heterocycles. The predicted molar refractivity (Wildman–Crippen MR) is 50.1 cm³/mol. The molecular weight excluding hydrogens is 150 g/mol. The van der Waals surface area contributed by atoms with Gasteiger partial charge in [-0.25, -0.2) is 0 Å². The van der Waals surface area contributed by atoms with E-state index in [1.807, 2.05) is 0 Å². The Kier molecular flexibility index (Phi) is 4.30. The molecule has 1 saturated heterocycles. The minimum absolute atomic E-state index is 0.324. The molecule has 0 amide bonds. The largest absolute Gasteiger partial charge is 0.316 e. The Morgan fingerprint density at radius 1 is 1.58 bits per heavy atom. The molecule has 2 heteroatoms. The molecule has 1 fully saturated rings. The van der Waals surface area contributed by atoms with Crippen molar-refractivity contribution in [1.82, 2.24) is 5.32 Å². The van der Waals surface area contributed by atoms with E-state index in [0.717, 1.165) is 38.8 Å². The number of hydrogen-bond donors (Lipinski definition) is 1. The molecule has 0 spiro atoms. The molecule has 1 N–H and O–H groups in total. The van der Waals surface area contributed by atoms with Crippen LogP contribution in [0.15, 0.2) is 0 Å². The fourth-order valence-corrected chi connectivity index (χ4v) is 1.68. The van der Waals surface area contributed by atoms with Crippen molar-refractivity contribution in [3.8, 4) is 0 Å². The van der Waals surface area contributed by atoms with Crippen LogP contribution in [0.1, 0.15) is 39.0 Å². The summed E-state index contributed by atoms with van der Waals surface area (Å²) >= 11 is 0. The van der Waals surface area contributed by atoms with Gasteiger partial charge in [0.05, 0.1) is 0 Å². The van der Waals surface area contributed by atoms with Gasteiger partial charge >= 0.3 is 0 Å². The lowest BCUT2D eigenvalue weighted by Gasteiger charge is -2.21. The Balaban J connectivity index is 2.20. The second kappa shape index (κ2) is 5.31. The number of ketones is 1. The lowest BCUT2D eigenvalue weighted by molar-refractivity contribution is -0.123. The van der Waals surface area contributed by atoms with Gasteiger partial charge in [0.15, 0.2) is 0 Å². The number of hydrogen-bond acceptors (Lipinski definition) is 2. The molecule has 0 radical (unpaired) electrons. The summed E-state index contributed by atoms with van der Waals surface area (Å²) in [5.74, 6) is 0.800. The summed E-state index contributed by atoms with van der Waals surface area (Å²) in [5.41, 5.74) is 0. The molecule has 0 aromatic rings. The number of piperidine rings is 1. The first-order valence-electron chi connectivity index (χ1n) is 5.08. The highest BCUT2D eigenvalue weighted by atomic mass is 16.1. The second-order valence-corrected chi connectivity index (χ2v) is 3.61. The number of unbranched alkanes of at least 4 members (excludes halogenated alkanes) is 1. The number of carbonyl (C=O) groups is 1. The minimum Gasteiger partial charge on any atom is -0.316 e. The number of carbonyl (C=O) groups excluding carboxylic acids is 1. The van der Waals surface area contributed by atoms with Crippen molar-refractivity contribution < 1.29 is 4.79 Å². The van der Waals surface area contributed by atoms with Crippen LogP contribution in [0.2, 0.25) is 0 Å². The van der Waals surface area contributed by atoms with Crippen LogP contribution >= 0.6 is 0 Å². The standard InChI is InChI=1S/C10H19NO/c1-2-3-6-10(12)9-5-4-7-11-8-9/h9,11H,2-8H2,1H3. The number of rotatable bonds is 4. The first-order chi connectivity index (χ1) is 5.84. The van der Waals surface area contributed by atoms with Gasteiger partial charge in [0.2, 0.25) is 0 Å². The van der Waals surface area contributed by atoms with Crippen LogP contribution in [0.25, 0.3) is 0 Å². The summed E-state index contributed by atoms with van der Waals surface area (Å²) in [6, 6.07) is 0. The fourth-order valence-electron chi connectivity index (χ4n) is 1.68. The van der Waals surface area contributed by atoms with E-state index in [1.54, 1.807) is 0 Å². The second-order valence-electron chi connectivity index (χ2n) is 3.61. The van der Waals surface area contributed by atoms with E-state index in [2.05, 4.69) is 12.2 Å². The van der Waals surface area contributed by atoms with Crippen LogP contribution in [0, 0.1) is 5.92 Å². The summed E-state index contributed by atoms with van der Waals surface area (Å²) in [7, 11) is 0. The van der Waals surface area contributed by atoms with Gasteiger partial charge in [0, 0.05) is 18.9 Å². The van der Waals surface area contributed by atoms with E-state index >= 15 is 0 Å². The average Bonchev–Trinajstić information content (AvgIpc) is 2.15. The maximum absolute atomic E-state index is 11.5. The van der Waals surface area contributed by atoms with Crippen LogP contribution in [-0.4, -0.2) is 18.9 Å². The van der Waals surface area contributed by atoms with Gasteiger partial charge in [-0.3, -0.25) is 4.79 Å². The van der Waals surface area contributed by atoms with Crippen molar-refractivity contribution >= 4 is 5.78 Å². The smallest absolute Gasteiger partial charge is 0.137 e. The van der Waals surface area contributed by atoms with Crippen LogP contribution in [0.4, 0.5) is 0 Å². The monoisotopic (exact) mass is 169 g/mol. The Morgan fingerprint density at radius 2 is 2.42 bits per heavy atom. The molecular formula is C10H19NO. The topological polar surface area (TPSA) is 29.1 Å². The zero-order valence-corrected chi connectivity index (χ0v) is 7.94. The number of Topliss-reactive ketones (excluding diaryl/α,β-unsaturated/α-hetero) is 1. The molecule has 1 aliphatic rings. The molecule has 0 bridgehead atoms. The highest BCUT2D eigenvalue weighted by Gasteiger charge is 2.19. The highest BCUT2D eigenvalue weighted by Crippen LogP contribution is 2.14. The van der Waals surface area contributed by atoms with E-state index in [0.29, 0.717) is 11.7 Å². The van der Waals surface area contributed by atoms with Gasteiger partial charge in [-0.05, 0) is 25.8 Å². The average molecular weight is 169 g/mol. The summed E-state index contributed by atoms with van der Waals surface area (Å²) in [4.78, 5) is 11.5. The van der Waals surface area contributed by atoms with E-state index in [9.17, 15) is 4.79 Å². The summed E-state index contributed by atoms with van der Waals surface area (Å²) in [5, 5.41) is 3.27. The molecule has 1 unspecified atom stereocenters. The van der Waals surface area contributed by atoms with E-state index in [4.69, 9.17) is 0 Å². The van der Waals surface area contributed by atoms with Gasteiger partial charge < -0.3 is 5.32 Å². The Hall–Kier alpha value is -0.370. The van der Waals surface area contributed by atoms with Crippen molar-refractivity contribution in [2.75, 3.05) is 13.1 Å². The molecule has 1 heterocycles. The van der Waals surface area contributed by atoms with Crippen molar-refractivity contribution in [2.24, 2.45) is 5.92 Å². The molecule has 12 heavy (non-hydrogen) atoms. The van der Waals surface area contributed by atoms with Gasteiger partial charge in [-0.2, -0.15) is 0 Å². The minimum atomic E-state index is 0.324. The van der Waals surface area contributed by atoms with Gasteiger partial charge in [0.25, 0.3) is 0 Å². The number of nitrogens with one attached hydrogen (secondary N) is 1. The first kappa shape index (κ1) is 9.72. The fraction of sp³-hybridized carbons (Fsp3) is 0.900. The lowest BCUT2D eigenvalue weighted by Crippen LogP contribution is -2.34. The molecule has 1 rings (SSSR count). The molecule has 0 aromatic heterocycles. The summed E-state index contributed by atoms with van der Waals surface area (Å²) < 4.78 is 0. The third-order valence-electron chi connectivity index (χ3n) is 2.53. The Morgan fingerprint density at radius 3 is 3.00 bits per heavy atom. The van der Waals surface area contributed by atoms with Crippen LogP contribution in [0.3, 0.4) is 0 Å². The van der Waals surface area contributed by atoms with E-state index in [1.165, 1.54) is 6.42 Å². The maximum atomic E-state index is 11.5. The van der Waals surface area contributed by atoms with Crippen LogP contribution in [0.5, 0.6) is 0 Å². The third kappa shape index (κ3) is 2.94. The maximum Gasteiger partial charge on any atom is 0.137 e. The van der Waals surface area contributed by atoms with Gasteiger partial charge in [-0.1, -0.05) is 13.3 Å². The molecule has 0 saturated carbocycles. The highest BCUT2D eigenvalue weighted by molar-refractivity contribution is 5.81. The molecule has 2 nitrogen and oxygen atoms in total. The van der Waals surface area contributed by atoms with Gasteiger partial charge in [-0.15, -0.1) is 0 Å². The SMILES string of the molecule is CCCCC(=O)C1CCCNC1. The van der Waals surface area contributed by atoms with Gasteiger partial charge in [0.1, 0.15) is 5.78 Å². The van der Waals surface area contributed by atoms with Crippen molar-refractivity contribution in [1.29, 1.82) is 0 Å². The van der Waals surface area contributed by atoms with E-state index in [-0.39, 0.29) is 0 Å². The van der Waals surface area contributed by atoms with Crippen LogP contribution < -0.4 is 5.32 Å². The predicted octanol–water partition coefficient (Wildman–Crippen LogP) is 1.75. The van der Waals surface area contributed by atoms with E-state index < -0.39 is 0 Å². The Bertz CT molecular complexity index is 139. The normalized spacial score (nSPS) is 23.9. The van der Waals surface area contributed by atoms with Crippen molar-refractivity contribution in [3.05, 3.63) is 0 Å². The summed E-state index contributed by atoms with van der Waals surface area (Å²) in [6.45, 7) is 4.15. The molecule has 0 aliphatic carbocycles. The van der Waals surface area contributed by atoms with Crippen LogP contribution in [-0.2, 0) is 4.79 Å². The quantitative estimate of drug-likeness (QED) is 0.694. The zero-order chi connectivity index (χ0) is 8.81. The van der Waals surface area contributed by atoms with Crippen molar-refractivity contribution in [3.63, 3.8) is 0 Å².